The van der Waals surface area contributed by atoms with Gasteiger partial charge in [0, 0.05) is 12.8 Å². The van der Waals surface area contributed by atoms with Crippen LogP contribution in [0.3, 0.4) is 0 Å². The number of rotatable bonds is 6. The minimum absolute atomic E-state index is 0.414. The first-order valence-corrected chi connectivity index (χ1v) is 9.28. The number of aryl methyl sites for hydroxylation is 3. The topological polar surface area (TPSA) is 39.9 Å². The predicted octanol–water partition coefficient (Wildman–Crippen LogP) is 4.61. The average Bonchev–Trinajstić information content (AvgIpc) is 2.94. The maximum atomic E-state index is 5.87. The maximum absolute atomic E-state index is 5.87. The number of hydrogen-bond donors (Lipinski definition) is 0. The summed E-state index contributed by atoms with van der Waals surface area (Å²) in [6, 6.07) is 14.7. The third-order valence-corrected chi connectivity index (χ3v) is 5.31. The van der Waals surface area contributed by atoms with Crippen LogP contribution in [0, 0.1) is 20.8 Å². The van der Waals surface area contributed by atoms with Crippen LogP contribution in [0.5, 0.6) is 5.75 Å². The summed E-state index contributed by atoms with van der Waals surface area (Å²) in [5, 5.41) is 9.46. The average molecular weight is 353 g/mol. The molecule has 25 heavy (non-hydrogen) atoms. The number of nitrogens with zero attached hydrogens (tertiary/aromatic N) is 3. The van der Waals surface area contributed by atoms with Crippen molar-refractivity contribution in [1.82, 2.24) is 14.8 Å². The fourth-order valence-electron chi connectivity index (χ4n) is 2.50. The Labute approximate surface area is 153 Å². The molecule has 2 aromatic carbocycles. The van der Waals surface area contributed by atoms with Gasteiger partial charge in [-0.05, 0) is 49.6 Å². The summed E-state index contributed by atoms with van der Waals surface area (Å²) in [5.74, 6) is 2.57. The van der Waals surface area contributed by atoms with E-state index in [2.05, 4.69) is 67.4 Å². The number of hydrogen-bond acceptors (Lipinski definition) is 4. The highest BCUT2D eigenvalue weighted by Gasteiger charge is 2.10. The molecule has 0 unspecified atom stereocenters. The van der Waals surface area contributed by atoms with E-state index >= 15 is 0 Å². The van der Waals surface area contributed by atoms with E-state index in [1.165, 1.54) is 22.3 Å². The Bertz CT molecular complexity index is 873. The molecule has 1 aromatic heterocycles. The molecule has 1 heterocycles. The second-order valence-electron chi connectivity index (χ2n) is 6.27. The van der Waals surface area contributed by atoms with Crippen molar-refractivity contribution in [2.75, 3.05) is 0 Å². The molecule has 4 nitrogen and oxygen atoms in total. The van der Waals surface area contributed by atoms with E-state index in [0.717, 1.165) is 22.5 Å². The Kier molecular flexibility index (Phi) is 5.43. The van der Waals surface area contributed by atoms with Gasteiger partial charge in [-0.15, -0.1) is 10.2 Å². The summed E-state index contributed by atoms with van der Waals surface area (Å²) >= 11 is 1.69. The first-order chi connectivity index (χ1) is 12.0. The van der Waals surface area contributed by atoms with Gasteiger partial charge in [0.05, 0.1) is 0 Å². The van der Waals surface area contributed by atoms with Crippen molar-refractivity contribution in [1.29, 1.82) is 0 Å². The Balaban J connectivity index is 1.61. The fraction of sp³-hybridized carbons (Fsp3) is 0.300. The monoisotopic (exact) mass is 353 g/mol. The quantitative estimate of drug-likeness (QED) is 0.607. The molecule has 0 amide bonds. The number of benzene rings is 2. The van der Waals surface area contributed by atoms with E-state index in [1.807, 2.05) is 17.7 Å². The van der Waals surface area contributed by atoms with Gasteiger partial charge >= 0.3 is 0 Å². The molecule has 5 heteroatoms. The van der Waals surface area contributed by atoms with Gasteiger partial charge in [0.2, 0.25) is 0 Å². The summed E-state index contributed by atoms with van der Waals surface area (Å²) in [4.78, 5) is 0. The highest BCUT2D eigenvalue weighted by molar-refractivity contribution is 7.98. The molecular formula is C20H23N3OS. The minimum Gasteiger partial charge on any atom is -0.486 e. The Morgan fingerprint density at radius 3 is 2.60 bits per heavy atom. The predicted molar refractivity (Wildman–Crippen MR) is 102 cm³/mol. The van der Waals surface area contributed by atoms with Crippen molar-refractivity contribution in [3.63, 3.8) is 0 Å². The van der Waals surface area contributed by atoms with Gasteiger partial charge in [0.15, 0.2) is 11.0 Å². The van der Waals surface area contributed by atoms with Crippen molar-refractivity contribution in [3.8, 4) is 5.75 Å². The van der Waals surface area contributed by atoms with Crippen LogP contribution in [-0.2, 0) is 19.4 Å². The zero-order valence-electron chi connectivity index (χ0n) is 15.1. The normalized spacial score (nSPS) is 10.9. The van der Waals surface area contributed by atoms with E-state index in [4.69, 9.17) is 4.74 Å². The van der Waals surface area contributed by atoms with Crippen LogP contribution in [0.25, 0.3) is 0 Å². The van der Waals surface area contributed by atoms with E-state index in [0.29, 0.717) is 6.61 Å². The molecule has 0 aliphatic rings. The summed E-state index contributed by atoms with van der Waals surface area (Å²) in [6.45, 7) is 6.71. The molecule has 0 fully saturated rings. The number of thioether (sulfide) groups is 1. The highest BCUT2D eigenvalue weighted by Crippen LogP contribution is 2.22. The van der Waals surface area contributed by atoms with Crippen LogP contribution in [0.4, 0.5) is 0 Å². The molecule has 0 saturated carbocycles. The van der Waals surface area contributed by atoms with Crippen molar-refractivity contribution in [3.05, 3.63) is 70.5 Å². The van der Waals surface area contributed by atoms with Crippen LogP contribution in [0.1, 0.15) is 28.1 Å². The molecule has 130 valence electrons. The van der Waals surface area contributed by atoms with Crippen LogP contribution >= 0.6 is 11.8 Å². The molecule has 0 aliphatic carbocycles. The van der Waals surface area contributed by atoms with Crippen molar-refractivity contribution in [2.24, 2.45) is 7.05 Å². The largest absolute Gasteiger partial charge is 0.486 e. The lowest BCUT2D eigenvalue weighted by Crippen LogP contribution is -2.04. The molecule has 0 bridgehead atoms. The molecule has 0 radical (unpaired) electrons. The lowest BCUT2D eigenvalue weighted by atomic mass is 10.1. The van der Waals surface area contributed by atoms with E-state index in [1.54, 1.807) is 11.8 Å². The molecule has 0 aliphatic heterocycles. The SMILES string of the molecule is Cc1cccc(CSc2nnc(COc3ccc(C)c(C)c3)n2C)c1. The van der Waals surface area contributed by atoms with Crippen molar-refractivity contribution < 1.29 is 4.74 Å². The lowest BCUT2D eigenvalue weighted by molar-refractivity contribution is 0.290. The Morgan fingerprint density at radius 1 is 1.00 bits per heavy atom. The Hall–Kier alpha value is -2.27. The molecule has 0 N–H and O–H groups in total. The summed E-state index contributed by atoms with van der Waals surface area (Å²) < 4.78 is 7.87. The van der Waals surface area contributed by atoms with Gasteiger partial charge in [0.1, 0.15) is 12.4 Å². The highest BCUT2D eigenvalue weighted by atomic mass is 32.2. The van der Waals surface area contributed by atoms with Gasteiger partial charge in [0.25, 0.3) is 0 Å². The first kappa shape index (κ1) is 17.5. The van der Waals surface area contributed by atoms with E-state index in [9.17, 15) is 0 Å². The smallest absolute Gasteiger partial charge is 0.191 e. The standard InChI is InChI=1S/C20H23N3OS/c1-14-6-5-7-17(10-14)13-25-20-22-21-19(23(20)4)12-24-18-9-8-15(2)16(3)11-18/h5-11H,12-13H2,1-4H3. The van der Waals surface area contributed by atoms with Gasteiger partial charge in [-0.25, -0.2) is 0 Å². The minimum atomic E-state index is 0.414. The van der Waals surface area contributed by atoms with Crippen LogP contribution < -0.4 is 4.74 Å². The zero-order valence-corrected chi connectivity index (χ0v) is 15.9. The second-order valence-corrected chi connectivity index (χ2v) is 7.21. The van der Waals surface area contributed by atoms with Crippen molar-refractivity contribution >= 4 is 11.8 Å². The summed E-state index contributed by atoms with van der Waals surface area (Å²) in [6.07, 6.45) is 0. The molecule has 3 rings (SSSR count). The van der Waals surface area contributed by atoms with Gasteiger partial charge in [-0.3, -0.25) is 0 Å². The summed E-state index contributed by atoms with van der Waals surface area (Å²) in [5.41, 5.74) is 5.06. The zero-order chi connectivity index (χ0) is 17.8. The Morgan fingerprint density at radius 2 is 1.84 bits per heavy atom. The van der Waals surface area contributed by atoms with Gasteiger partial charge in [-0.2, -0.15) is 0 Å². The van der Waals surface area contributed by atoms with Crippen LogP contribution in [-0.4, -0.2) is 14.8 Å². The molecule has 0 saturated heterocycles. The van der Waals surface area contributed by atoms with Crippen molar-refractivity contribution in [2.45, 2.75) is 38.3 Å². The van der Waals surface area contributed by atoms with Gasteiger partial charge < -0.3 is 9.30 Å². The van der Waals surface area contributed by atoms with Gasteiger partial charge in [-0.1, -0.05) is 47.7 Å². The lowest BCUT2D eigenvalue weighted by Gasteiger charge is -2.08. The van der Waals surface area contributed by atoms with E-state index in [-0.39, 0.29) is 0 Å². The maximum Gasteiger partial charge on any atom is 0.191 e. The van der Waals surface area contributed by atoms with Crippen LogP contribution in [0.2, 0.25) is 0 Å². The number of aromatic nitrogens is 3. The molecule has 0 atom stereocenters. The third-order valence-electron chi connectivity index (χ3n) is 4.22. The molecular weight excluding hydrogens is 330 g/mol. The fourth-order valence-corrected chi connectivity index (χ4v) is 3.37. The number of ether oxygens (including phenoxy) is 1. The molecule has 3 aromatic rings. The van der Waals surface area contributed by atoms with Crippen LogP contribution in [0.15, 0.2) is 47.6 Å². The first-order valence-electron chi connectivity index (χ1n) is 8.29. The summed E-state index contributed by atoms with van der Waals surface area (Å²) in [7, 11) is 1.98. The second kappa shape index (κ2) is 7.74. The molecule has 0 spiro atoms. The van der Waals surface area contributed by atoms with E-state index < -0.39 is 0 Å². The third kappa shape index (κ3) is 4.42.